The number of thiocarbonyl (C=S) groups is 1. The molecular weight excluding hydrogens is 360 g/mol. The number of hydrogen-bond donors (Lipinski definition) is 1. The molecule has 2 aromatic carbocycles. The molecule has 0 aliphatic carbocycles. The maximum Gasteiger partial charge on any atom is 0.173 e. The van der Waals surface area contributed by atoms with Crippen LogP contribution >= 0.6 is 28.1 Å². The molecule has 3 nitrogen and oxygen atoms in total. The van der Waals surface area contributed by atoms with Crippen LogP contribution < -0.4 is 10.1 Å². The second kappa shape index (κ2) is 7.61. The number of anilines is 1. The van der Waals surface area contributed by atoms with Gasteiger partial charge in [0.05, 0.1) is 7.11 Å². The number of methoxy groups -OCH3 is 1. The highest BCUT2D eigenvalue weighted by Crippen LogP contribution is 2.24. The lowest BCUT2D eigenvalue weighted by atomic mass is 10.2. The van der Waals surface area contributed by atoms with Crippen molar-refractivity contribution < 1.29 is 4.74 Å². The highest BCUT2D eigenvalue weighted by atomic mass is 79.9. The van der Waals surface area contributed by atoms with Gasteiger partial charge in [0.15, 0.2) is 5.11 Å². The summed E-state index contributed by atoms with van der Waals surface area (Å²) in [6.07, 6.45) is 0. The average Bonchev–Trinajstić information content (AvgIpc) is 2.47. The molecule has 0 aliphatic heterocycles. The Morgan fingerprint density at radius 2 is 2.05 bits per heavy atom. The fourth-order valence-electron chi connectivity index (χ4n) is 2.14. The predicted molar refractivity (Wildman–Crippen MR) is 99.6 cm³/mol. The molecule has 0 fully saturated rings. The van der Waals surface area contributed by atoms with Gasteiger partial charge < -0.3 is 15.0 Å². The van der Waals surface area contributed by atoms with Crippen LogP contribution in [0.25, 0.3) is 0 Å². The fraction of sp³-hybridized carbons (Fsp3) is 0.235. The van der Waals surface area contributed by atoms with Crippen LogP contribution in [-0.2, 0) is 6.54 Å². The third kappa shape index (κ3) is 4.45. The van der Waals surface area contributed by atoms with E-state index in [1.807, 2.05) is 42.3 Å². The minimum atomic E-state index is 0.667. The zero-order chi connectivity index (χ0) is 16.1. The van der Waals surface area contributed by atoms with Gasteiger partial charge in [-0.15, -0.1) is 0 Å². The van der Waals surface area contributed by atoms with Gasteiger partial charge in [-0.05, 0) is 55.0 Å². The van der Waals surface area contributed by atoms with Gasteiger partial charge in [0.25, 0.3) is 0 Å². The van der Waals surface area contributed by atoms with Gasteiger partial charge in [-0.1, -0.05) is 28.1 Å². The van der Waals surface area contributed by atoms with Crippen LogP contribution in [0.5, 0.6) is 5.75 Å². The molecule has 0 bridgehead atoms. The van der Waals surface area contributed by atoms with Crippen LogP contribution in [0.15, 0.2) is 46.9 Å². The summed E-state index contributed by atoms with van der Waals surface area (Å²) in [5, 5.41) is 3.93. The summed E-state index contributed by atoms with van der Waals surface area (Å²) in [5.41, 5.74) is 3.27. The molecule has 0 spiro atoms. The van der Waals surface area contributed by atoms with Crippen LogP contribution in [0.3, 0.4) is 0 Å². The van der Waals surface area contributed by atoms with Crippen LogP contribution in [-0.4, -0.2) is 24.2 Å². The molecule has 0 aliphatic rings. The minimum absolute atomic E-state index is 0.667. The smallest absolute Gasteiger partial charge is 0.173 e. The van der Waals surface area contributed by atoms with E-state index >= 15 is 0 Å². The number of aryl methyl sites for hydroxylation is 1. The highest BCUT2D eigenvalue weighted by Gasteiger charge is 2.10. The van der Waals surface area contributed by atoms with Crippen LogP contribution in [0.1, 0.15) is 11.1 Å². The number of benzene rings is 2. The molecular formula is C17H19BrN2OS. The monoisotopic (exact) mass is 378 g/mol. The Balaban J connectivity index is 2.07. The van der Waals surface area contributed by atoms with E-state index in [9.17, 15) is 0 Å². The van der Waals surface area contributed by atoms with Crippen molar-refractivity contribution in [2.45, 2.75) is 13.5 Å². The second-order valence-electron chi connectivity index (χ2n) is 5.11. The first-order valence-electron chi connectivity index (χ1n) is 6.91. The second-order valence-corrected chi connectivity index (χ2v) is 6.41. The molecule has 116 valence electrons. The fourth-order valence-corrected chi connectivity index (χ4v) is 2.73. The Morgan fingerprint density at radius 1 is 1.27 bits per heavy atom. The summed E-state index contributed by atoms with van der Waals surface area (Å²) < 4.78 is 6.43. The number of halogens is 1. The Kier molecular flexibility index (Phi) is 5.80. The molecule has 0 heterocycles. The standard InChI is InChI=1S/C17H19BrN2OS/c1-12-5-4-6-15(9-12)19-17(22)20(2)11-13-10-14(18)7-8-16(13)21-3/h4-10H,11H2,1-3H3,(H,19,22). The molecule has 0 amide bonds. The van der Waals surface area contributed by atoms with Crippen LogP contribution in [0, 0.1) is 6.92 Å². The molecule has 22 heavy (non-hydrogen) atoms. The lowest BCUT2D eigenvalue weighted by molar-refractivity contribution is 0.399. The number of hydrogen-bond acceptors (Lipinski definition) is 2. The SMILES string of the molecule is COc1ccc(Br)cc1CN(C)C(=S)Nc1cccc(C)c1. The van der Waals surface area contributed by atoms with Gasteiger partial charge in [0, 0.05) is 29.3 Å². The van der Waals surface area contributed by atoms with Gasteiger partial charge in [-0.2, -0.15) is 0 Å². The molecule has 2 rings (SSSR count). The maximum atomic E-state index is 5.48. The van der Waals surface area contributed by atoms with E-state index in [1.54, 1.807) is 7.11 Å². The largest absolute Gasteiger partial charge is 0.496 e. The van der Waals surface area contributed by atoms with E-state index < -0.39 is 0 Å². The Morgan fingerprint density at radius 3 is 2.73 bits per heavy atom. The third-order valence-corrected chi connectivity index (χ3v) is 4.17. The summed E-state index contributed by atoms with van der Waals surface area (Å²) in [6, 6.07) is 14.1. The molecule has 0 unspecified atom stereocenters. The zero-order valence-electron chi connectivity index (χ0n) is 12.9. The lowest BCUT2D eigenvalue weighted by Crippen LogP contribution is -2.30. The van der Waals surface area contributed by atoms with Crippen molar-refractivity contribution in [3.05, 3.63) is 58.1 Å². The zero-order valence-corrected chi connectivity index (χ0v) is 15.3. The van der Waals surface area contributed by atoms with Crippen LogP contribution in [0.4, 0.5) is 5.69 Å². The van der Waals surface area contributed by atoms with E-state index in [1.165, 1.54) is 5.56 Å². The third-order valence-electron chi connectivity index (χ3n) is 3.27. The van der Waals surface area contributed by atoms with Crippen molar-refractivity contribution in [3.63, 3.8) is 0 Å². The number of rotatable bonds is 4. The first kappa shape index (κ1) is 16.8. The summed E-state index contributed by atoms with van der Waals surface area (Å²) >= 11 is 8.97. The van der Waals surface area contributed by atoms with Gasteiger partial charge in [0.2, 0.25) is 0 Å². The molecule has 5 heteroatoms. The van der Waals surface area contributed by atoms with E-state index in [4.69, 9.17) is 17.0 Å². The topological polar surface area (TPSA) is 24.5 Å². The first-order valence-corrected chi connectivity index (χ1v) is 8.11. The number of ether oxygens (including phenoxy) is 1. The maximum absolute atomic E-state index is 5.48. The molecule has 0 radical (unpaired) electrons. The number of nitrogens with zero attached hydrogens (tertiary/aromatic N) is 1. The minimum Gasteiger partial charge on any atom is -0.496 e. The van der Waals surface area contributed by atoms with E-state index in [2.05, 4.69) is 40.3 Å². The van der Waals surface area contributed by atoms with Crippen molar-refractivity contribution in [2.75, 3.05) is 19.5 Å². The molecule has 2 aromatic rings. The molecule has 0 aromatic heterocycles. The highest BCUT2D eigenvalue weighted by molar-refractivity contribution is 9.10. The number of nitrogens with one attached hydrogen (secondary N) is 1. The predicted octanol–water partition coefficient (Wildman–Crippen LogP) is 4.59. The van der Waals surface area contributed by atoms with Crippen molar-refractivity contribution in [2.24, 2.45) is 0 Å². The normalized spacial score (nSPS) is 10.2. The summed E-state index contributed by atoms with van der Waals surface area (Å²) in [7, 11) is 3.64. The molecule has 0 atom stereocenters. The van der Waals surface area contributed by atoms with E-state index in [-0.39, 0.29) is 0 Å². The van der Waals surface area contributed by atoms with Crippen molar-refractivity contribution in [3.8, 4) is 5.75 Å². The van der Waals surface area contributed by atoms with Gasteiger partial charge >= 0.3 is 0 Å². The molecule has 0 saturated carbocycles. The van der Waals surface area contributed by atoms with Crippen molar-refractivity contribution in [1.82, 2.24) is 4.90 Å². The van der Waals surface area contributed by atoms with Gasteiger partial charge in [-0.25, -0.2) is 0 Å². The Bertz CT molecular complexity index is 675. The first-order chi connectivity index (χ1) is 10.5. The summed E-state index contributed by atoms with van der Waals surface area (Å²) in [4.78, 5) is 1.99. The summed E-state index contributed by atoms with van der Waals surface area (Å²) in [5.74, 6) is 0.855. The molecule has 0 saturated heterocycles. The van der Waals surface area contributed by atoms with Gasteiger partial charge in [-0.3, -0.25) is 0 Å². The van der Waals surface area contributed by atoms with Crippen LogP contribution in [0.2, 0.25) is 0 Å². The average molecular weight is 379 g/mol. The van der Waals surface area contributed by atoms with E-state index in [0.717, 1.165) is 21.5 Å². The quantitative estimate of drug-likeness (QED) is 0.785. The van der Waals surface area contributed by atoms with Crippen molar-refractivity contribution in [1.29, 1.82) is 0 Å². The van der Waals surface area contributed by atoms with E-state index in [0.29, 0.717) is 11.7 Å². The Hall–Kier alpha value is -1.59. The van der Waals surface area contributed by atoms with Gasteiger partial charge in [0.1, 0.15) is 5.75 Å². The summed E-state index contributed by atoms with van der Waals surface area (Å²) in [6.45, 7) is 2.73. The Labute approximate surface area is 145 Å². The lowest BCUT2D eigenvalue weighted by Gasteiger charge is -2.22. The van der Waals surface area contributed by atoms with Crippen molar-refractivity contribution >= 4 is 38.9 Å². The molecule has 1 N–H and O–H groups in total.